The van der Waals surface area contributed by atoms with Gasteiger partial charge in [0.1, 0.15) is 16.8 Å². The van der Waals surface area contributed by atoms with E-state index in [1.165, 1.54) is 11.3 Å². The van der Waals surface area contributed by atoms with E-state index in [2.05, 4.69) is 10.3 Å². The van der Waals surface area contributed by atoms with Crippen molar-refractivity contribution in [2.75, 3.05) is 5.32 Å². The average molecular weight is 350 g/mol. The van der Waals surface area contributed by atoms with E-state index < -0.39 is 6.10 Å². The van der Waals surface area contributed by atoms with Crippen molar-refractivity contribution in [2.24, 2.45) is 0 Å². The molecule has 1 aliphatic rings. The van der Waals surface area contributed by atoms with Crippen LogP contribution in [0, 0.1) is 0 Å². The minimum absolute atomic E-state index is 0.0783. The Kier molecular flexibility index (Phi) is 4.03. The summed E-state index contributed by atoms with van der Waals surface area (Å²) in [5.74, 6) is -0.591. The molecule has 1 amide bonds. The highest BCUT2D eigenvalue weighted by molar-refractivity contribution is 7.14. The van der Waals surface area contributed by atoms with Crippen LogP contribution in [0.15, 0.2) is 60.1 Å². The lowest BCUT2D eigenvalue weighted by molar-refractivity contribution is -0.118. The van der Waals surface area contributed by atoms with Gasteiger partial charge in [0, 0.05) is 11.1 Å². The van der Waals surface area contributed by atoms with Gasteiger partial charge in [-0.25, -0.2) is 9.78 Å². The number of hydrogen-bond acceptors (Lipinski definition) is 5. The molecule has 0 radical (unpaired) electrons. The van der Waals surface area contributed by atoms with Crippen LogP contribution in [0.2, 0.25) is 0 Å². The van der Waals surface area contributed by atoms with Crippen molar-refractivity contribution in [3.05, 3.63) is 71.2 Å². The maximum atomic E-state index is 12.4. The highest BCUT2D eigenvalue weighted by Crippen LogP contribution is 2.34. The van der Waals surface area contributed by atoms with Crippen molar-refractivity contribution in [3.8, 4) is 11.3 Å². The van der Waals surface area contributed by atoms with Crippen molar-refractivity contribution in [3.63, 3.8) is 0 Å². The molecular weight excluding hydrogens is 336 g/mol. The van der Waals surface area contributed by atoms with Gasteiger partial charge in [-0.3, -0.25) is 4.79 Å². The number of carbonyl (C=O) groups excluding carboxylic acids is 2. The van der Waals surface area contributed by atoms with E-state index >= 15 is 0 Å². The van der Waals surface area contributed by atoms with E-state index in [4.69, 9.17) is 4.74 Å². The van der Waals surface area contributed by atoms with Gasteiger partial charge in [0.25, 0.3) is 0 Å². The van der Waals surface area contributed by atoms with Crippen LogP contribution < -0.4 is 5.32 Å². The number of aromatic nitrogens is 1. The molecule has 0 aliphatic carbocycles. The molecule has 0 fully saturated rings. The predicted molar refractivity (Wildman–Crippen MR) is 95.4 cm³/mol. The smallest absolute Gasteiger partial charge is 0.339 e. The lowest BCUT2D eigenvalue weighted by atomic mass is 10.0. The summed E-state index contributed by atoms with van der Waals surface area (Å²) in [7, 11) is 0. The van der Waals surface area contributed by atoms with Crippen LogP contribution in [-0.4, -0.2) is 16.9 Å². The third-order valence-electron chi connectivity index (χ3n) is 4.02. The molecule has 1 aliphatic heterocycles. The number of nitrogens with zero attached hydrogens (tertiary/aromatic N) is 1. The number of cyclic esters (lactones) is 1. The predicted octanol–water partition coefficient (Wildman–Crippen LogP) is 4.05. The molecule has 1 N–H and O–H groups in total. The van der Waals surface area contributed by atoms with Crippen LogP contribution in [0.25, 0.3) is 11.3 Å². The Hall–Kier alpha value is -2.99. The van der Waals surface area contributed by atoms with Gasteiger partial charge in [0.15, 0.2) is 0 Å². The summed E-state index contributed by atoms with van der Waals surface area (Å²) < 4.78 is 5.32. The molecule has 5 nitrogen and oxygen atoms in total. The standard InChI is InChI=1S/C19H14N2O3S/c22-16(10-15-13-8-4-5-9-14(13)19(23)24-15)21-18-17(20-11-25-18)12-6-2-1-3-7-12/h1-9,11,15H,10H2,(H,21,22)/t15-/m1/s1. The molecule has 0 unspecified atom stereocenters. The van der Waals surface area contributed by atoms with E-state index in [0.29, 0.717) is 10.6 Å². The second-order valence-electron chi connectivity index (χ2n) is 5.63. The first-order valence-corrected chi connectivity index (χ1v) is 8.69. The number of esters is 1. The first-order valence-electron chi connectivity index (χ1n) is 7.81. The summed E-state index contributed by atoms with van der Waals surface area (Å²) in [5.41, 5.74) is 4.67. The molecule has 124 valence electrons. The number of hydrogen-bond donors (Lipinski definition) is 1. The minimum atomic E-state index is -0.545. The van der Waals surface area contributed by atoms with Crippen molar-refractivity contribution in [2.45, 2.75) is 12.5 Å². The van der Waals surface area contributed by atoms with Crippen LogP contribution in [0.3, 0.4) is 0 Å². The van der Waals surface area contributed by atoms with E-state index in [-0.39, 0.29) is 18.3 Å². The molecule has 3 aromatic rings. The van der Waals surface area contributed by atoms with Gasteiger partial charge in [-0.15, -0.1) is 11.3 Å². The summed E-state index contributed by atoms with van der Waals surface area (Å²) >= 11 is 1.37. The highest BCUT2D eigenvalue weighted by Gasteiger charge is 2.32. The third kappa shape index (κ3) is 3.04. The zero-order valence-electron chi connectivity index (χ0n) is 13.1. The number of thiazole rings is 1. The molecule has 0 saturated carbocycles. The van der Waals surface area contributed by atoms with Gasteiger partial charge < -0.3 is 10.1 Å². The van der Waals surface area contributed by atoms with Crippen LogP contribution in [0.5, 0.6) is 0 Å². The SMILES string of the molecule is O=C(C[C@H]1OC(=O)c2ccccc21)Nc1scnc1-c1ccccc1. The lowest BCUT2D eigenvalue weighted by Gasteiger charge is -2.11. The number of nitrogens with one attached hydrogen (secondary N) is 1. The number of anilines is 1. The van der Waals surface area contributed by atoms with Gasteiger partial charge >= 0.3 is 5.97 Å². The second kappa shape index (κ2) is 6.49. The number of fused-ring (bicyclic) bond motifs is 1. The maximum Gasteiger partial charge on any atom is 0.339 e. The molecule has 0 bridgehead atoms. The first kappa shape index (κ1) is 15.5. The zero-order chi connectivity index (χ0) is 17.2. The van der Waals surface area contributed by atoms with Crippen molar-refractivity contribution in [1.82, 2.24) is 4.98 Å². The zero-order valence-corrected chi connectivity index (χ0v) is 14.0. The van der Waals surface area contributed by atoms with E-state index in [1.807, 2.05) is 42.5 Å². The quantitative estimate of drug-likeness (QED) is 0.721. The van der Waals surface area contributed by atoms with Gasteiger partial charge in [-0.1, -0.05) is 48.5 Å². The second-order valence-corrected chi connectivity index (χ2v) is 6.48. The molecule has 6 heteroatoms. The number of ether oxygens (including phenoxy) is 1. The van der Waals surface area contributed by atoms with Crippen LogP contribution in [0.1, 0.15) is 28.4 Å². The molecule has 25 heavy (non-hydrogen) atoms. The van der Waals surface area contributed by atoms with Gasteiger partial charge in [-0.05, 0) is 6.07 Å². The molecule has 4 rings (SSSR count). The first-order chi connectivity index (χ1) is 12.2. The van der Waals surface area contributed by atoms with Crippen LogP contribution in [-0.2, 0) is 9.53 Å². The summed E-state index contributed by atoms with van der Waals surface area (Å²) in [6.07, 6.45) is -0.466. The Balaban J connectivity index is 1.50. The Morgan fingerprint density at radius 2 is 1.88 bits per heavy atom. The molecule has 0 saturated heterocycles. The summed E-state index contributed by atoms with van der Waals surface area (Å²) in [4.78, 5) is 28.6. The highest BCUT2D eigenvalue weighted by atomic mass is 32.1. The molecule has 0 spiro atoms. The summed E-state index contributed by atoms with van der Waals surface area (Å²) in [5, 5.41) is 3.58. The molecule has 1 aromatic heterocycles. The normalized spacial score (nSPS) is 15.5. The van der Waals surface area contributed by atoms with Gasteiger partial charge in [0.2, 0.25) is 5.91 Å². The molecular formula is C19H14N2O3S. The van der Waals surface area contributed by atoms with E-state index in [1.54, 1.807) is 17.6 Å². The van der Waals surface area contributed by atoms with Gasteiger partial charge in [-0.2, -0.15) is 0 Å². The number of carbonyl (C=O) groups is 2. The number of rotatable bonds is 4. The monoisotopic (exact) mass is 350 g/mol. The molecule has 1 atom stereocenters. The molecule has 2 heterocycles. The van der Waals surface area contributed by atoms with Gasteiger partial charge in [0.05, 0.1) is 17.5 Å². The average Bonchev–Trinajstić information content (AvgIpc) is 3.21. The van der Waals surface area contributed by atoms with E-state index in [0.717, 1.165) is 16.8 Å². The van der Waals surface area contributed by atoms with Crippen LogP contribution >= 0.6 is 11.3 Å². The van der Waals surface area contributed by atoms with Crippen molar-refractivity contribution < 1.29 is 14.3 Å². The lowest BCUT2D eigenvalue weighted by Crippen LogP contribution is -2.15. The topological polar surface area (TPSA) is 68.3 Å². The third-order valence-corrected chi connectivity index (χ3v) is 4.76. The number of benzene rings is 2. The van der Waals surface area contributed by atoms with Crippen molar-refractivity contribution in [1.29, 1.82) is 0 Å². The fraction of sp³-hybridized carbons (Fsp3) is 0.105. The summed E-state index contributed by atoms with van der Waals surface area (Å²) in [6, 6.07) is 16.8. The Morgan fingerprint density at radius 3 is 2.72 bits per heavy atom. The minimum Gasteiger partial charge on any atom is -0.453 e. The Morgan fingerprint density at radius 1 is 1.12 bits per heavy atom. The van der Waals surface area contributed by atoms with Crippen molar-refractivity contribution >= 4 is 28.2 Å². The fourth-order valence-electron chi connectivity index (χ4n) is 2.85. The Bertz CT molecular complexity index is 937. The van der Waals surface area contributed by atoms with Crippen LogP contribution in [0.4, 0.5) is 5.00 Å². The number of amides is 1. The Labute approximate surface area is 148 Å². The largest absolute Gasteiger partial charge is 0.453 e. The fourth-order valence-corrected chi connectivity index (χ4v) is 3.57. The summed E-state index contributed by atoms with van der Waals surface area (Å²) in [6.45, 7) is 0. The maximum absolute atomic E-state index is 12.4. The molecule has 2 aromatic carbocycles. The van der Waals surface area contributed by atoms with E-state index in [9.17, 15) is 9.59 Å².